The lowest BCUT2D eigenvalue weighted by Crippen LogP contribution is -2.42. The van der Waals surface area contributed by atoms with Gasteiger partial charge in [-0.1, -0.05) is 72.5 Å². The second-order valence-corrected chi connectivity index (χ2v) is 10.6. The summed E-state index contributed by atoms with van der Waals surface area (Å²) in [6, 6.07) is 26.1. The highest BCUT2D eigenvalue weighted by atomic mass is 32.2. The van der Waals surface area contributed by atoms with Gasteiger partial charge in [0.1, 0.15) is 0 Å². The van der Waals surface area contributed by atoms with Crippen molar-refractivity contribution in [1.82, 2.24) is 9.55 Å². The van der Waals surface area contributed by atoms with Crippen molar-refractivity contribution < 1.29 is 0 Å². The van der Waals surface area contributed by atoms with Crippen LogP contribution in [-0.4, -0.2) is 15.1 Å². The molecule has 0 spiro atoms. The maximum Gasteiger partial charge on any atom is 0.174 e. The predicted octanol–water partition coefficient (Wildman–Crippen LogP) is 7.70. The molecule has 1 aliphatic carbocycles. The van der Waals surface area contributed by atoms with E-state index in [-0.39, 0.29) is 11.1 Å². The number of anilines is 2. The molecule has 6 rings (SSSR count). The van der Waals surface area contributed by atoms with Gasteiger partial charge in [-0.2, -0.15) is 0 Å². The highest BCUT2D eigenvalue weighted by molar-refractivity contribution is 7.99. The second-order valence-electron chi connectivity index (χ2n) is 9.58. The van der Waals surface area contributed by atoms with E-state index in [1.54, 1.807) is 11.8 Å². The molecule has 1 unspecified atom stereocenters. The van der Waals surface area contributed by atoms with Gasteiger partial charge >= 0.3 is 0 Å². The predicted molar refractivity (Wildman–Crippen MR) is 139 cm³/mol. The van der Waals surface area contributed by atoms with E-state index in [1.165, 1.54) is 27.4 Å². The average Bonchev–Trinajstić information content (AvgIpc) is 3.19. The van der Waals surface area contributed by atoms with Crippen molar-refractivity contribution >= 4 is 34.2 Å². The zero-order valence-electron chi connectivity index (χ0n) is 19.2. The van der Waals surface area contributed by atoms with Gasteiger partial charge < -0.3 is 9.47 Å². The zero-order chi connectivity index (χ0) is 22.6. The first-order valence-electron chi connectivity index (χ1n) is 11.5. The summed E-state index contributed by atoms with van der Waals surface area (Å²) >= 11 is 1.78. The molecular formula is C29H27N3S. The van der Waals surface area contributed by atoms with Crippen LogP contribution in [0.4, 0.5) is 11.4 Å². The first-order valence-corrected chi connectivity index (χ1v) is 12.3. The molecule has 0 bridgehead atoms. The molecule has 0 fully saturated rings. The Labute approximate surface area is 199 Å². The quantitative estimate of drug-likeness (QED) is 0.320. The molecule has 1 aromatic heterocycles. The minimum Gasteiger partial charge on any atom is -0.332 e. The molecular weight excluding hydrogens is 422 g/mol. The van der Waals surface area contributed by atoms with Crippen LogP contribution in [0.25, 0.3) is 11.0 Å². The monoisotopic (exact) mass is 449 g/mol. The Bertz CT molecular complexity index is 1410. The molecule has 0 amide bonds. The lowest BCUT2D eigenvalue weighted by molar-refractivity contribution is 0.402. The summed E-state index contributed by atoms with van der Waals surface area (Å²) in [6.07, 6.45) is 9.84. The number of hydrogen-bond donors (Lipinski definition) is 0. The number of allylic oxidation sites excluding steroid dienone is 2. The standard InChI is InChI=1S/C29H27N3S/c1-28(2)23-17-16-22(20-26(23)33-27-30-24-14-8-9-15-25(24)32(27)28)31(21-12-6-4-7-13-21)29(3)18-10-5-11-19-29/h4-18,20H,19H2,1-3H3. The van der Waals surface area contributed by atoms with Crippen LogP contribution in [0.5, 0.6) is 0 Å². The summed E-state index contributed by atoms with van der Waals surface area (Å²) in [5.74, 6) is 0. The van der Waals surface area contributed by atoms with Crippen molar-refractivity contribution in [3.8, 4) is 0 Å². The van der Waals surface area contributed by atoms with Crippen LogP contribution in [0.3, 0.4) is 0 Å². The maximum absolute atomic E-state index is 4.98. The first kappa shape index (κ1) is 20.4. The van der Waals surface area contributed by atoms with Gasteiger partial charge in [0, 0.05) is 16.3 Å². The van der Waals surface area contributed by atoms with Gasteiger partial charge in [-0.15, -0.1) is 0 Å². The summed E-state index contributed by atoms with van der Waals surface area (Å²) in [6.45, 7) is 6.91. The summed E-state index contributed by atoms with van der Waals surface area (Å²) in [5, 5.41) is 1.06. The van der Waals surface area contributed by atoms with Crippen LogP contribution in [0.15, 0.2) is 107 Å². The molecule has 3 aromatic carbocycles. The Morgan fingerprint density at radius 3 is 2.45 bits per heavy atom. The van der Waals surface area contributed by atoms with Gasteiger partial charge in [-0.25, -0.2) is 4.98 Å². The van der Waals surface area contributed by atoms with Crippen LogP contribution < -0.4 is 4.90 Å². The van der Waals surface area contributed by atoms with E-state index in [0.717, 1.165) is 17.1 Å². The van der Waals surface area contributed by atoms with E-state index in [2.05, 4.69) is 127 Å². The molecule has 0 saturated carbocycles. The largest absolute Gasteiger partial charge is 0.332 e. The molecule has 0 N–H and O–H groups in total. The van der Waals surface area contributed by atoms with Crippen LogP contribution >= 0.6 is 11.8 Å². The molecule has 1 aliphatic heterocycles. The lowest BCUT2D eigenvalue weighted by Gasteiger charge is -2.42. The van der Waals surface area contributed by atoms with Crippen LogP contribution in [-0.2, 0) is 5.54 Å². The minimum atomic E-state index is -0.181. The molecule has 0 saturated heterocycles. The van der Waals surface area contributed by atoms with Crippen LogP contribution in [0, 0.1) is 0 Å². The molecule has 4 heteroatoms. The number of aromatic nitrogens is 2. The fourth-order valence-corrected chi connectivity index (χ4v) is 6.64. The summed E-state index contributed by atoms with van der Waals surface area (Å²) in [5.41, 5.74) is 5.67. The summed E-state index contributed by atoms with van der Waals surface area (Å²) < 4.78 is 2.39. The number of fused-ring (bicyclic) bond motifs is 4. The van der Waals surface area contributed by atoms with E-state index < -0.39 is 0 Å². The van der Waals surface area contributed by atoms with Gasteiger partial charge in [0.2, 0.25) is 0 Å². The Hall–Kier alpha value is -3.24. The van der Waals surface area contributed by atoms with Crippen molar-refractivity contribution in [2.45, 2.75) is 48.3 Å². The third kappa shape index (κ3) is 3.16. The Morgan fingerprint density at radius 1 is 0.879 bits per heavy atom. The van der Waals surface area contributed by atoms with Crippen LogP contribution in [0.1, 0.15) is 32.8 Å². The average molecular weight is 450 g/mol. The zero-order valence-corrected chi connectivity index (χ0v) is 20.0. The second kappa shape index (κ2) is 7.39. The maximum atomic E-state index is 4.98. The van der Waals surface area contributed by atoms with Crippen molar-refractivity contribution in [3.05, 3.63) is 103 Å². The highest BCUT2D eigenvalue weighted by Gasteiger charge is 2.37. The highest BCUT2D eigenvalue weighted by Crippen LogP contribution is 2.48. The SMILES string of the molecule is CC1(N(c2ccccc2)c2ccc3c(c2)Sc2nc4ccccc4n2C3(C)C)C=CC=CC1. The molecule has 2 heterocycles. The van der Waals surface area contributed by atoms with Crippen molar-refractivity contribution in [2.75, 3.05) is 4.90 Å². The van der Waals surface area contributed by atoms with Crippen molar-refractivity contribution in [2.24, 2.45) is 0 Å². The summed E-state index contributed by atoms with van der Waals surface area (Å²) in [4.78, 5) is 8.72. The number of imidazole rings is 1. The summed E-state index contributed by atoms with van der Waals surface area (Å²) in [7, 11) is 0. The number of benzene rings is 3. The molecule has 164 valence electrons. The molecule has 3 nitrogen and oxygen atoms in total. The number of rotatable bonds is 3. The van der Waals surface area contributed by atoms with Gasteiger partial charge in [-0.3, -0.25) is 0 Å². The molecule has 4 aromatic rings. The van der Waals surface area contributed by atoms with E-state index in [9.17, 15) is 0 Å². The number of hydrogen-bond acceptors (Lipinski definition) is 3. The van der Waals surface area contributed by atoms with Gasteiger partial charge in [0.15, 0.2) is 5.16 Å². The first-order chi connectivity index (χ1) is 16.0. The number of nitrogens with zero attached hydrogens (tertiary/aromatic N) is 3. The molecule has 1 atom stereocenters. The van der Waals surface area contributed by atoms with Gasteiger partial charge in [0.05, 0.1) is 22.1 Å². The van der Waals surface area contributed by atoms with Crippen LogP contribution in [0.2, 0.25) is 0 Å². The van der Waals surface area contributed by atoms with E-state index in [4.69, 9.17) is 4.98 Å². The van der Waals surface area contributed by atoms with Crippen molar-refractivity contribution in [3.63, 3.8) is 0 Å². The lowest BCUT2D eigenvalue weighted by atomic mass is 9.89. The fourth-order valence-electron chi connectivity index (χ4n) is 5.27. The smallest absolute Gasteiger partial charge is 0.174 e. The number of para-hydroxylation sites is 3. The van der Waals surface area contributed by atoms with E-state index in [1.807, 2.05) is 0 Å². The Kier molecular flexibility index (Phi) is 4.56. The van der Waals surface area contributed by atoms with E-state index >= 15 is 0 Å². The third-order valence-corrected chi connectivity index (χ3v) is 7.95. The molecule has 0 radical (unpaired) electrons. The van der Waals surface area contributed by atoms with Gasteiger partial charge in [0.25, 0.3) is 0 Å². The van der Waals surface area contributed by atoms with E-state index in [0.29, 0.717) is 0 Å². The molecule has 33 heavy (non-hydrogen) atoms. The minimum absolute atomic E-state index is 0.133. The Balaban J connectivity index is 1.50. The third-order valence-electron chi connectivity index (χ3n) is 6.93. The van der Waals surface area contributed by atoms with Crippen molar-refractivity contribution in [1.29, 1.82) is 0 Å². The topological polar surface area (TPSA) is 21.1 Å². The Morgan fingerprint density at radius 2 is 1.67 bits per heavy atom. The fraction of sp³-hybridized carbons (Fsp3) is 0.207. The molecule has 2 aliphatic rings. The normalized spacial score (nSPS) is 20.5. The van der Waals surface area contributed by atoms with Gasteiger partial charge in [-0.05, 0) is 69.2 Å².